The number of piperidine rings is 1. The molecule has 1 amide bonds. The van der Waals surface area contributed by atoms with Gasteiger partial charge >= 0.3 is 0 Å². The first-order valence-corrected chi connectivity index (χ1v) is 8.19. The molecule has 1 aliphatic heterocycles. The van der Waals surface area contributed by atoms with Crippen LogP contribution in [0.1, 0.15) is 35.8 Å². The number of carbonyl (C=O) groups is 1. The normalized spacial score (nSPS) is 17.2. The van der Waals surface area contributed by atoms with Crippen molar-refractivity contribution in [2.75, 3.05) is 18.4 Å². The molecule has 5 nitrogen and oxygen atoms in total. The number of carbonyl (C=O) groups excluding carboxylic acids is 1. The van der Waals surface area contributed by atoms with E-state index in [4.69, 9.17) is 0 Å². The van der Waals surface area contributed by atoms with Gasteiger partial charge in [-0.3, -0.25) is 9.78 Å². The van der Waals surface area contributed by atoms with Crippen LogP contribution in [-0.2, 0) is 0 Å². The second-order valence-electron chi connectivity index (χ2n) is 6.21. The van der Waals surface area contributed by atoms with E-state index in [0.717, 1.165) is 30.9 Å². The minimum absolute atomic E-state index is 0.0289. The van der Waals surface area contributed by atoms with Gasteiger partial charge in [0, 0.05) is 25.0 Å². The molecule has 24 heavy (non-hydrogen) atoms. The van der Waals surface area contributed by atoms with Gasteiger partial charge in [0.05, 0.1) is 11.3 Å². The molecule has 1 aliphatic rings. The molecule has 0 bridgehead atoms. The third-order valence-corrected chi connectivity index (χ3v) is 4.25. The van der Waals surface area contributed by atoms with E-state index in [-0.39, 0.29) is 5.91 Å². The molecular formula is C19H20N4O. The maximum Gasteiger partial charge on any atom is 0.272 e. The van der Waals surface area contributed by atoms with Gasteiger partial charge in [0.25, 0.3) is 5.91 Å². The van der Waals surface area contributed by atoms with Crippen molar-refractivity contribution in [3.8, 4) is 6.07 Å². The number of hydrogen-bond donors (Lipinski definition) is 1. The number of nitriles is 1. The van der Waals surface area contributed by atoms with Gasteiger partial charge in [0.2, 0.25) is 0 Å². The van der Waals surface area contributed by atoms with Crippen LogP contribution < -0.4 is 5.32 Å². The first-order chi connectivity index (χ1) is 11.7. The van der Waals surface area contributed by atoms with Gasteiger partial charge in [0.15, 0.2) is 0 Å². The van der Waals surface area contributed by atoms with Crippen LogP contribution in [0.3, 0.4) is 0 Å². The van der Waals surface area contributed by atoms with Crippen molar-refractivity contribution < 1.29 is 4.79 Å². The van der Waals surface area contributed by atoms with Crippen LogP contribution in [0.4, 0.5) is 11.4 Å². The van der Waals surface area contributed by atoms with Crippen molar-refractivity contribution in [3.63, 3.8) is 0 Å². The summed E-state index contributed by atoms with van der Waals surface area (Å²) in [5, 5.41) is 12.4. The number of pyridine rings is 1. The van der Waals surface area contributed by atoms with Crippen molar-refractivity contribution in [2.24, 2.45) is 5.92 Å². The quantitative estimate of drug-likeness (QED) is 0.938. The van der Waals surface area contributed by atoms with Crippen molar-refractivity contribution in [1.29, 1.82) is 5.26 Å². The lowest BCUT2D eigenvalue weighted by molar-refractivity contribution is 0.0677. The van der Waals surface area contributed by atoms with Crippen LogP contribution >= 0.6 is 0 Å². The summed E-state index contributed by atoms with van der Waals surface area (Å²) in [6, 6.07) is 13.0. The predicted molar refractivity (Wildman–Crippen MR) is 93.0 cm³/mol. The highest BCUT2D eigenvalue weighted by atomic mass is 16.2. The molecule has 122 valence electrons. The van der Waals surface area contributed by atoms with Crippen molar-refractivity contribution in [2.45, 2.75) is 19.8 Å². The molecule has 0 saturated carbocycles. The number of amides is 1. The molecule has 1 aromatic heterocycles. The number of benzene rings is 1. The maximum absolute atomic E-state index is 12.7. The molecule has 1 unspecified atom stereocenters. The molecule has 1 N–H and O–H groups in total. The fourth-order valence-corrected chi connectivity index (χ4v) is 3.01. The Balaban J connectivity index is 1.79. The first-order valence-electron chi connectivity index (χ1n) is 8.19. The van der Waals surface area contributed by atoms with E-state index in [1.807, 2.05) is 23.1 Å². The van der Waals surface area contributed by atoms with Gasteiger partial charge in [0.1, 0.15) is 11.8 Å². The average Bonchev–Trinajstić information content (AvgIpc) is 2.62. The predicted octanol–water partition coefficient (Wildman–Crippen LogP) is 3.57. The summed E-state index contributed by atoms with van der Waals surface area (Å²) in [6.07, 6.45) is 3.84. The Kier molecular flexibility index (Phi) is 4.76. The fraction of sp³-hybridized carbons (Fsp3) is 0.316. The summed E-state index contributed by atoms with van der Waals surface area (Å²) in [4.78, 5) is 18.8. The third kappa shape index (κ3) is 3.54. The summed E-state index contributed by atoms with van der Waals surface area (Å²) in [7, 11) is 0. The van der Waals surface area contributed by atoms with Gasteiger partial charge in [-0.25, -0.2) is 0 Å². The number of anilines is 2. The molecule has 1 saturated heterocycles. The summed E-state index contributed by atoms with van der Waals surface area (Å²) < 4.78 is 0. The van der Waals surface area contributed by atoms with Gasteiger partial charge in [-0.1, -0.05) is 19.1 Å². The van der Waals surface area contributed by atoms with Crippen LogP contribution in [0.2, 0.25) is 0 Å². The highest BCUT2D eigenvalue weighted by Crippen LogP contribution is 2.22. The minimum atomic E-state index is -0.0289. The lowest BCUT2D eigenvalue weighted by atomic mass is 10.00. The second kappa shape index (κ2) is 7.14. The maximum atomic E-state index is 12.7. The van der Waals surface area contributed by atoms with Crippen LogP contribution in [-0.4, -0.2) is 28.9 Å². The second-order valence-corrected chi connectivity index (χ2v) is 6.21. The van der Waals surface area contributed by atoms with Crippen molar-refractivity contribution in [3.05, 3.63) is 53.9 Å². The van der Waals surface area contributed by atoms with Gasteiger partial charge in [-0.15, -0.1) is 0 Å². The Bertz CT molecular complexity index is 781. The Morgan fingerprint density at radius 3 is 3.00 bits per heavy atom. The van der Waals surface area contributed by atoms with E-state index in [9.17, 15) is 10.1 Å². The number of nitrogens with one attached hydrogen (secondary N) is 1. The highest BCUT2D eigenvalue weighted by Gasteiger charge is 2.23. The molecule has 1 aromatic carbocycles. The molecule has 1 fully saturated rings. The van der Waals surface area contributed by atoms with E-state index in [1.165, 1.54) is 6.42 Å². The van der Waals surface area contributed by atoms with Gasteiger partial charge < -0.3 is 10.2 Å². The van der Waals surface area contributed by atoms with Crippen molar-refractivity contribution in [1.82, 2.24) is 9.88 Å². The molecule has 3 rings (SSSR count). The highest BCUT2D eigenvalue weighted by molar-refractivity contribution is 5.93. The first kappa shape index (κ1) is 16.0. The molecule has 5 heteroatoms. The lowest BCUT2D eigenvalue weighted by Crippen LogP contribution is -2.39. The van der Waals surface area contributed by atoms with E-state index in [2.05, 4.69) is 23.3 Å². The molecule has 0 radical (unpaired) electrons. The number of rotatable bonds is 3. The summed E-state index contributed by atoms with van der Waals surface area (Å²) in [5.74, 6) is 0.505. The fourth-order valence-electron chi connectivity index (χ4n) is 3.01. The number of nitrogens with zero attached hydrogens (tertiary/aromatic N) is 3. The Hall–Kier alpha value is -2.87. The Morgan fingerprint density at radius 1 is 1.38 bits per heavy atom. The topological polar surface area (TPSA) is 69.0 Å². The summed E-state index contributed by atoms with van der Waals surface area (Å²) >= 11 is 0. The SMILES string of the molecule is CC1CCCN(C(=O)c2cc(Nc3ccccc3C#N)ccn2)C1. The van der Waals surface area contributed by atoms with E-state index >= 15 is 0 Å². The summed E-state index contributed by atoms with van der Waals surface area (Å²) in [5.41, 5.74) is 2.47. The Morgan fingerprint density at radius 2 is 2.21 bits per heavy atom. The lowest BCUT2D eigenvalue weighted by Gasteiger charge is -2.30. The number of aromatic nitrogens is 1. The van der Waals surface area contributed by atoms with E-state index < -0.39 is 0 Å². The summed E-state index contributed by atoms with van der Waals surface area (Å²) in [6.45, 7) is 3.75. The average molecular weight is 320 g/mol. The van der Waals surface area contributed by atoms with E-state index in [1.54, 1.807) is 24.4 Å². The number of likely N-dealkylation sites (tertiary alicyclic amines) is 1. The largest absolute Gasteiger partial charge is 0.354 e. The monoisotopic (exact) mass is 320 g/mol. The van der Waals surface area contributed by atoms with Crippen molar-refractivity contribution >= 4 is 17.3 Å². The zero-order chi connectivity index (χ0) is 16.9. The zero-order valence-electron chi connectivity index (χ0n) is 13.7. The number of hydrogen-bond acceptors (Lipinski definition) is 4. The molecule has 2 aromatic rings. The third-order valence-electron chi connectivity index (χ3n) is 4.25. The molecule has 2 heterocycles. The van der Waals surface area contributed by atoms with Crippen LogP contribution in [0.25, 0.3) is 0 Å². The van der Waals surface area contributed by atoms with Crippen LogP contribution in [0.15, 0.2) is 42.6 Å². The Labute approximate surface area is 141 Å². The van der Waals surface area contributed by atoms with Crippen LogP contribution in [0, 0.1) is 17.2 Å². The minimum Gasteiger partial charge on any atom is -0.354 e. The molecule has 1 atom stereocenters. The molecule has 0 aliphatic carbocycles. The van der Waals surface area contributed by atoms with Crippen LogP contribution in [0.5, 0.6) is 0 Å². The standard InChI is InChI=1S/C19H20N4O/c1-14-5-4-10-23(13-14)19(24)18-11-16(8-9-21-18)22-17-7-3-2-6-15(17)12-20/h2-3,6-9,11,14H,4-5,10,13H2,1H3,(H,21,22). The van der Waals surface area contributed by atoms with Gasteiger partial charge in [-0.2, -0.15) is 5.26 Å². The zero-order valence-corrected chi connectivity index (χ0v) is 13.7. The number of para-hydroxylation sites is 1. The smallest absolute Gasteiger partial charge is 0.272 e. The molecule has 0 spiro atoms. The molecular weight excluding hydrogens is 300 g/mol. The van der Waals surface area contributed by atoms with E-state index in [0.29, 0.717) is 17.2 Å². The van der Waals surface area contributed by atoms with Gasteiger partial charge in [-0.05, 0) is 43.0 Å².